The summed E-state index contributed by atoms with van der Waals surface area (Å²) in [4.78, 5) is 2.54. The lowest BCUT2D eigenvalue weighted by molar-refractivity contribution is 0.113. The van der Waals surface area contributed by atoms with Gasteiger partial charge in [0.1, 0.15) is 11.5 Å². The summed E-state index contributed by atoms with van der Waals surface area (Å²) in [7, 11) is 1.97. The van der Waals surface area contributed by atoms with Crippen LogP contribution in [-0.4, -0.2) is 24.5 Å². The Hall–Kier alpha value is -0.800. The molecule has 2 atom stereocenters. The average Bonchev–Trinajstić information content (AvgIpc) is 2.64. The predicted molar refractivity (Wildman–Crippen MR) is 74.5 cm³/mol. The zero-order valence-corrected chi connectivity index (χ0v) is 12.1. The van der Waals surface area contributed by atoms with Gasteiger partial charge in [-0.05, 0) is 52.3 Å². The van der Waals surface area contributed by atoms with E-state index in [1.54, 1.807) is 0 Å². The van der Waals surface area contributed by atoms with Crippen LogP contribution >= 0.6 is 0 Å². The minimum atomic E-state index is 0.673. The van der Waals surface area contributed by atoms with Crippen LogP contribution in [0.25, 0.3) is 0 Å². The predicted octanol–water partition coefficient (Wildman–Crippen LogP) is 2.93. The normalized spacial score (nSPS) is 25.6. The van der Waals surface area contributed by atoms with Crippen molar-refractivity contribution in [2.45, 2.75) is 52.7 Å². The van der Waals surface area contributed by atoms with Gasteiger partial charge in [0, 0.05) is 18.2 Å². The molecular formula is C15H26N2O. The molecule has 1 N–H and O–H groups in total. The van der Waals surface area contributed by atoms with Gasteiger partial charge >= 0.3 is 0 Å². The highest BCUT2D eigenvalue weighted by Gasteiger charge is 2.23. The topological polar surface area (TPSA) is 28.4 Å². The van der Waals surface area contributed by atoms with Gasteiger partial charge in [-0.2, -0.15) is 0 Å². The summed E-state index contributed by atoms with van der Waals surface area (Å²) in [5, 5.41) is 3.18. The van der Waals surface area contributed by atoms with E-state index in [1.807, 2.05) is 7.05 Å². The SMILES string of the molecule is CNCc1cc(CN2CCC(C)CC2C)oc1C. The minimum absolute atomic E-state index is 0.673. The second kappa shape index (κ2) is 5.89. The summed E-state index contributed by atoms with van der Waals surface area (Å²) < 4.78 is 5.86. The average molecular weight is 250 g/mol. The molecule has 2 unspecified atom stereocenters. The molecule has 1 saturated heterocycles. The van der Waals surface area contributed by atoms with Crippen molar-refractivity contribution in [1.82, 2.24) is 10.2 Å². The molecule has 1 fully saturated rings. The first kappa shape index (κ1) is 13.6. The van der Waals surface area contributed by atoms with Gasteiger partial charge in [-0.15, -0.1) is 0 Å². The highest BCUT2D eigenvalue weighted by Crippen LogP contribution is 2.25. The summed E-state index contributed by atoms with van der Waals surface area (Å²) in [6.45, 7) is 9.79. The molecule has 0 spiro atoms. The van der Waals surface area contributed by atoms with Crippen LogP contribution in [0, 0.1) is 12.8 Å². The number of furan rings is 1. The monoisotopic (exact) mass is 250 g/mol. The molecule has 0 bridgehead atoms. The molecule has 0 radical (unpaired) electrons. The van der Waals surface area contributed by atoms with Crippen LogP contribution in [0.4, 0.5) is 0 Å². The molecule has 18 heavy (non-hydrogen) atoms. The molecule has 1 aliphatic heterocycles. The molecule has 1 aromatic heterocycles. The second-order valence-corrected chi connectivity index (χ2v) is 5.77. The van der Waals surface area contributed by atoms with Gasteiger partial charge in [-0.25, -0.2) is 0 Å². The number of hydrogen-bond donors (Lipinski definition) is 1. The van der Waals surface area contributed by atoms with Crippen LogP contribution in [0.15, 0.2) is 10.5 Å². The van der Waals surface area contributed by atoms with Gasteiger partial charge in [-0.1, -0.05) is 6.92 Å². The van der Waals surface area contributed by atoms with E-state index < -0.39 is 0 Å². The first-order valence-corrected chi connectivity index (χ1v) is 7.07. The largest absolute Gasteiger partial charge is 0.465 e. The van der Waals surface area contributed by atoms with Crippen LogP contribution in [0.1, 0.15) is 43.8 Å². The van der Waals surface area contributed by atoms with Crippen molar-refractivity contribution in [3.05, 3.63) is 23.2 Å². The van der Waals surface area contributed by atoms with Gasteiger partial charge in [0.05, 0.1) is 6.54 Å². The molecule has 0 saturated carbocycles. The van der Waals surface area contributed by atoms with Gasteiger partial charge < -0.3 is 9.73 Å². The smallest absolute Gasteiger partial charge is 0.118 e. The molecule has 102 valence electrons. The van der Waals surface area contributed by atoms with E-state index in [9.17, 15) is 0 Å². The van der Waals surface area contributed by atoms with Crippen LogP contribution < -0.4 is 5.32 Å². The number of likely N-dealkylation sites (tertiary alicyclic amines) is 1. The zero-order chi connectivity index (χ0) is 13.1. The number of nitrogens with zero attached hydrogens (tertiary/aromatic N) is 1. The van der Waals surface area contributed by atoms with E-state index in [1.165, 1.54) is 24.9 Å². The summed E-state index contributed by atoms with van der Waals surface area (Å²) in [5.41, 5.74) is 1.28. The van der Waals surface area contributed by atoms with Crippen LogP contribution in [-0.2, 0) is 13.1 Å². The molecular weight excluding hydrogens is 224 g/mol. The van der Waals surface area contributed by atoms with Crippen LogP contribution in [0.2, 0.25) is 0 Å². The third kappa shape index (κ3) is 3.15. The number of rotatable bonds is 4. The van der Waals surface area contributed by atoms with E-state index in [2.05, 4.69) is 37.1 Å². The van der Waals surface area contributed by atoms with Crippen LogP contribution in [0.5, 0.6) is 0 Å². The third-order valence-corrected chi connectivity index (χ3v) is 4.07. The highest BCUT2D eigenvalue weighted by molar-refractivity contribution is 5.20. The van der Waals surface area contributed by atoms with Gasteiger partial charge in [0.15, 0.2) is 0 Å². The van der Waals surface area contributed by atoms with Crippen LogP contribution in [0.3, 0.4) is 0 Å². The fraction of sp³-hybridized carbons (Fsp3) is 0.733. The first-order valence-electron chi connectivity index (χ1n) is 7.07. The van der Waals surface area contributed by atoms with Gasteiger partial charge in [-0.3, -0.25) is 4.90 Å². The molecule has 0 aliphatic carbocycles. The van der Waals surface area contributed by atoms with Crippen molar-refractivity contribution in [3.63, 3.8) is 0 Å². The minimum Gasteiger partial charge on any atom is -0.465 e. The Labute approximate surface area is 111 Å². The molecule has 0 aromatic carbocycles. The molecule has 1 aromatic rings. The summed E-state index contributed by atoms with van der Waals surface area (Å²) in [6, 6.07) is 2.88. The van der Waals surface area contributed by atoms with Gasteiger partial charge in [0.25, 0.3) is 0 Å². The van der Waals surface area contributed by atoms with Crippen molar-refractivity contribution in [2.75, 3.05) is 13.6 Å². The van der Waals surface area contributed by atoms with E-state index in [-0.39, 0.29) is 0 Å². The standard InChI is InChI=1S/C15H26N2O/c1-11-5-6-17(12(2)7-11)10-15-8-14(9-16-4)13(3)18-15/h8,11-12,16H,5-7,9-10H2,1-4H3. The van der Waals surface area contributed by atoms with Crippen molar-refractivity contribution in [3.8, 4) is 0 Å². The quantitative estimate of drug-likeness (QED) is 0.890. The Morgan fingerprint density at radius 3 is 2.89 bits per heavy atom. The lowest BCUT2D eigenvalue weighted by atomic mass is 9.93. The zero-order valence-electron chi connectivity index (χ0n) is 12.1. The first-order chi connectivity index (χ1) is 8.60. The summed E-state index contributed by atoms with van der Waals surface area (Å²) in [5.74, 6) is 3.03. The van der Waals surface area contributed by atoms with Crippen molar-refractivity contribution < 1.29 is 4.42 Å². The lowest BCUT2D eigenvalue weighted by Crippen LogP contribution is -2.39. The van der Waals surface area contributed by atoms with Crippen molar-refractivity contribution in [1.29, 1.82) is 0 Å². The second-order valence-electron chi connectivity index (χ2n) is 5.77. The number of piperidine rings is 1. The molecule has 3 nitrogen and oxygen atoms in total. The Balaban J connectivity index is 1.98. The van der Waals surface area contributed by atoms with Crippen molar-refractivity contribution in [2.24, 2.45) is 5.92 Å². The van der Waals surface area contributed by atoms with E-state index in [0.717, 1.165) is 30.5 Å². The lowest BCUT2D eigenvalue weighted by Gasteiger charge is -2.35. The Morgan fingerprint density at radius 1 is 1.44 bits per heavy atom. The van der Waals surface area contributed by atoms with E-state index >= 15 is 0 Å². The van der Waals surface area contributed by atoms with E-state index in [0.29, 0.717) is 6.04 Å². The van der Waals surface area contributed by atoms with Gasteiger partial charge in [0.2, 0.25) is 0 Å². The number of hydrogen-bond acceptors (Lipinski definition) is 3. The maximum absolute atomic E-state index is 5.86. The highest BCUT2D eigenvalue weighted by atomic mass is 16.3. The molecule has 0 amide bonds. The maximum atomic E-state index is 5.86. The summed E-state index contributed by atoms with van der Waals surface area (Å²) >= 11 is 0. The molecule has 2 heterocycles. The third-order valence-electron chi connectivity index (χ3n) is 4.07. The van der Waals surface area contributed by atoms with Crippen molar-refractivity contribution >= 4 is 0 Å². The Kier molecular flexibility index (Phi) is 4.46. The fourth-order valence-corrected chi connectivity index (χ4v) is 2.92. The number of aryl methyl sites for hydroxylation is 1. The number of nitrogens with one attached hydrogen (secondary N) is 1. The Bertz CT molecular complexity index is 386. The Morgan fingerprint density at radius 2 is 2.22 bits per heavy atom. The van der Waals surface area contributed by atoms with E-state index in [4.69, 9.17) is 4.42 Å². The summed E-state index contributed by atoms with van der Waals surface area (Å²) in [6.07, 6.45) is 2.62. The fourth-order valence-electron chi connectivity index (χ4n) is 2.92. The molecule has 3 heteroatoms. The molecule has 1 aliphatic rings. The maximum Gasteiger partial charge on any atom is 0.118 e. The molecule has 2 rings (SSSR count).